The third-order valence-corrected chi connectivity index (χ3v) is 7.76. The summed E-state index contributed by atoms with van der Waals surface area (Å²) in [6, 6.07) is 20.7. The minimum atomic E-state index is -0.496. The number of carbonyl (C=O) groups is 1. The van der Waals surface area contributed by atoms with E-state index in [1.165, 1.54) is 23.1 Å². The maximum Gasteiger partial charge on any atom is 0.239 e. The van der Waals surface area contributed by atoms with Crippen molar-refractivity contribution in [2.75, 3.05) is 26.6 Å². The van der Waals surface area contributed by atoms with E-state index in [2.05, 4.69) is 20.5 Å². The van der Waals surface area contributed by atoms with Gasteiger partial charge in [0.2, 0.25) is 11.1 Å². The lowest BCUT2D eigenvalue weighted by atomic mass is 10.0. The maximum absolute atomic E-state index is 13.0. The Bertz CT molecular complexity index is 1610. The van der Waals surface area contributed by atoms with Crippen molar-refractivity contribution in [2.24, 2.45) is 0 Å². The van der Waals surface area contributed by atoms with Gasteiger partial charge in [-0.05, 0) is 73.7 Å². The van der Waals surface area contributed by atoms with Crippen molar-refractivity contribution < 1.29 is 19.0 Å². The highest BCUT2D eigenvalue weighted by molar-refractivity contribution is 8.00. The number of benzene rings is 3. The summed E-state index contributed by atoms with van der Waals surface area (Å²) in [4.78, 5) is 22.3. The van der Waals surface area contributed by atoms with E-state index >= 15 is 0 Å². The number of hydrogen-bond donors (Lipinski definition) is 1. The molecule has 0 saturated heterocycles. The molecular weight excluding hydrogens is 534 g/mol. The molecule has 1 amide bonds. The minimum absolute atomic E-state index is 0.208. The normalized spacial score (nSPS) is 11.7. The van der Waals surface area contributed by atoms with Crippen LogP contribution in [0.4, 0.5) is 5.13 Å². The van der Waals surface area contributed by atoms with Crippen LogP contribution in [-0.2, 0) is 4.79 Å². The Balaban J connectivity index is 1.39. The lowest BCUT2D eigenvalue weighted by Gasteiger charge is -2.12. The van der Waals surface area contributed by atoms with Gasteiger partial charge in [0.15, 0.2) is 5.13 Å². The van der Waals surface area contributed by atoms with Gasteiger partial charge in [-0.15, -0.1) is 10.2 Å². The Kier molecular flexibility index (Phi) is 7.89. The number of thiazole rings is 1. The Morgan fingerprint density at radius 3 is 2.00 bits per heavy atom. The lowest BCUT2D eigenvalue weighted by Crippen LogP contribution is -2.22. The number of fused-ring (bicyclic) bond motifs is 1. The van der Waals surface area contributed by atoms with Crippen molar-refractivity contribution in [1.82, 2.24) is 20.2 Å². The summed E-state index contributed by atoms with van der Waals surface area (Å²) in [6.07, 6.45) is 0. The molecule has 0 aliphatic carbocycles. The Hall–Kier alpha value is -4.22. The molecule has 11 heteroatoms. The number of anilines is 1. The zero-order chi connectivity index (χ0) is 27.4. The molecule has 9 nitrogen and oxygen atoms in total. The summed E-state index contributed by atoms with van der Waals surface area (Å²) >= 11 is 2.61. The first kappa shape index (κ1) is 26.4. The largest absolute Gasteiger partial charge is 0.497 e. The first-order chi connectivity index (χ1) is 19.0. The fraction of sp³-hybridized carbons (Fsp3) is 0.179. The lowest BCUT2D eigenvalue weighted by molar-refractivity contribution is -0.115. The van der Waals surface area contributed by atoms with Crippen LogP contribution in [0.5, 0.6) is 17.2 Å². The second kappa shape index (κ2) is 11.7. The molecule has 0 radical (unpaired) electrons. The molecule has 1 atom stereocenters. The second-order valence-electron chi connectivity index (χ2n) is 8.35. The van der Waals surface area contributed by atoms with Crippen LogP contribution in [0.15, 0.2) is 71.9 Å². The van der Waals surface area contributed by atoms with Gasteiger partial charge in [-0.1, -0.05) is 23.1 Å². The zero-order valence-electron chi connectivity index (χ0n) is 21.7. The van der Waals surface area contributed by atoms with E-state index in [4.69, 9.17) is 19.2 Å². The van der Waals surface area contributed by atoms with Crippen molar-refractivity contribution in [3.05, 3.63) is 66.7 Å². The molecule has 0 spiro atoms. The van der Waals surface area contributed by atoms with E-state index in [1.54, 1.807) is 28.3 Å². The van der Waals surface area contributed by atoms with E-state index in [0.717, 1.165) is 38.6 Å². The van der Waals surface area contributed by atoms with E-state index in [1.807, 2.05) is 66.7 Å². The van der Waals surface area contributed by atoms with Gasteiger partial charge in [0.25, 0.3) is 0 Å². The SMILES string of the molecule is COc1ccc(-c2nnc(SC(C)C(=O)Nc3nc4ccc(OC)cc4s3)nc2-c2ccc(OC)cc2)cc1. The number of methoxy groups -OCH3 is 3. The number of hydrogen-bond acceptors (Lipinski definition) is 10. The molecule has 3 aromatic carbocycles. The van der Waals surface area contributed by atoms with Gasteiger partial charge >= 0.3 is 0 Å². The number of carbonyl (C=O) groups excluding carboxylic acids is 1. The van der Waals surface area contributed by atoms with Crippen molar-refractivity contribution in [3.63, 3.8) is 0 Å². The van der Waals surface area contributed by atoms with Crippen molar-refractivity contribution >= 4 is 44.4 Å². The maximum atomic E-state index is 13.0. The van der Waals surface area contributed by atoms with Crippen molar-refractivity contribution in [1.29, 1.82) is 0 Å². The highest BCUT2D eigenvalue weighted by atomic mass is 32.2. The molecule has 2 heterocycles. The molecule has 5 rings (SSSR count). The average Bonchev–Trinajstić information content (AvgIpc) is 3.38. The molecule has 0 fully saturated rings. The van der Waals surface area contributed by atoms with E-state index in [9.17, 15) is 4.79 Å². The number of amides is 1. The van der Waals surface area contributed by atoms with E-state index < -0.39 is 5.25 Å². The predicted molar refractivity (Wildman–Crippen MR) is 154 cm³/mol. The standard InChI is InChI=1S/C28H25N5O4S2/c1-16(26(34)31-27-29-22-14-13-21(37-4)15-23(22)39-27)38-28-30-24(17-5-9-19(35-2)10-6-17)25(32-33-28)18-7-11-20(36-3)12-8-18/h5-16H,1-4H3,(H,29,31,34). The summed E-state index contributed by atoms with van der Waals surface area (Å²) in [7, 11) is 4.86. The second-order valence-corrected chi connectivity index (χ2v) is 10.7. The van der Waals surface area contributed by atoms with Crippen LogP contribution in [0, 0.1) is 0 Å². The number of thioether (sulfide) groups is 1. The highest BCUT2D eigenvalue weighted by Gasteiger charge is 2.21. The smallest absolute Gasteiger partial charge is 0.239 e. The van der Waals surface area contributed by atoms with Crippen LogP contribution >= 0.6 is 23.1 Å². The molecule has 5 aromatic rings. The third kappa shape index (κ3) is 5.94. The molecule has 1 N–H and O–H groups in total. The Morgan fingerprint density at radius 1 is 0.795 bits per heavy atom. The van der Waals surface area contributed by atoms with Gasteiger partial charge in [0, 0.05) is 11.1 Å². The zero-order valence-corrected chi connectivity index (χ0v) is 23.3. The minimum Gasteiger partial charge on any atom is -0.497 e. The molecule has 0 saturated carbocycles. The van der Waals surface area contributed by atoms with Crippen molar-refractivity contribution in [3.8, 4) is 39.8 Å². The fourth-order valence-electron chi connectivity index (χ4n) is 3.76. The summed E-state index contributed by atoms with van der Waals surface area (Å²) in [5, 5.41) is 12.2. The molecule has 39 heavy (non-hydrogen) atoms. The van der Waals surface area contributed by atoms with Gasteiger partial charge in [-0.2, -0.15) is 0 Å². The highest BCUT2D eigenvalue weighted by Crippen LogP contribution is 2.33. The van der Waals surface area contributed by atoms with Crippen LogP contribution in [0.3, 0.4) is 0 Å². The quantitative estimate of drug-likeness (QED) is 0.219. The monoisotopic (exact) mass is 559 g/mol. The molecule has 0 bridgehead atoms. The number of nitrogens with zero attached hydrogens (tertiary/aromatic N) is 4. The van der Waals surface area contributed by atoms with Crippen LogP contribution in [0.2, 0.25) is 0 Å². The van der Waals surface area contributed by atoms with Gasteiger partial charge in [0.1, 0.15) is 28.6 Å². The van der Waals surface area contributed by atoms with Gasteiger partial charge < -0.3 is 19.5 Å². The number of rotatable bonds is 9. The summed E-state index contributed by atoms with van der Waals surface area (Å²) in [6.45, 7) is 1.80. The Labute approximate surface area is 233 Å². The molecule has 0 aliphatic rings. The number of ether oxygens (including phenoxy) is 3. The number of aromatic nitrogens is 4. The van der Waals surface area contributed by atoms with Gasteiger partial charge in [-0.3, -0.25) is 4.79 Å². The van der Waals surface area contributed by atoms with Crippen LogP contribution < -0.4 is 19.5 Å². The first-order valence-corrected chi connectivity index (χ1v) is 13.6. The van der Waals surface area contributed by atoms with Crippen LogP contribution in [0.1, 0.15) is 6.92 Å². The molecule has 198 valence electrons. The van der Waals surface area contributed by atoms with Crippen molar-refractivity contribution in [2.45, 2.75) is 17.3 Å². The fourth-order valence-corrected chi connectivity index (χ4v) is 5.37. The topological polar surface area (TPSA) is 108 Å². The molecule has 1 unspecified atom stereocenters. The molecular formula is C28H25N5O4S2. The van der Waals surface area contributed by atoms with E-state index in [0.29, 0.717) is 21.7 Å². The Morgan fingerprint density at radius 2 is 1.38 bits per heavy atom. The molecule has 2 aromatic heterocycles. The van der Waals surface area contributed by atoms with Crippen LogP contribution in [-0.4, -0.2) is 52.7 Å². The first-order valence-electron chi connectivity index (χ1n) is 11.9. The summed E-state index contributed by atoms with van der Waals surface area (Å²) < 4.78 is 16.8. The summed E-state index contributed by atoms with van der Waals surface area (Å²) in [5.74, 6) is 2.01. The summed E-state index contributed by atoms with van der Waals surface area (Å²) in [5.41, 5.74) is 3.75. The van der Waals surface area contributed by atoms with Crippen LogP contribution in [0.25, 0.3) is 32.7 Å². The van der Waals surface area contributed by atoms with Gasteiger partial charge in [0.05, 0.1) is 36.8 Å². The third-order valence-electron chi connectivity index (χ3n) is 5.87. The molecule has 0 aliphatic heterocycles. The van der Waals surface area contributed by atoms with Gasteiger partial charge in [-0.25, -0.2) is 9.97 Å². The van der Waals surface area contributed by atoms with E-state index in [-0.39, 0.29) is 5.91 Å². The number of nitrogens with one attached hydrogen (secondary N) is 1. The average molecular weight is 560 g/mol. The predicted octanol–water partition coefficient (Wildman–Crippen LogP) is 5.96.